The summed E-state index contributed by atoms with van der Waals surface area (Å²) in [5.74, 6) is -0.268. The fourth-order valence-electron chi connectivity index (χ4n) is 3.49. The van der Waals surface area contributed by atoms with Crippen molar-refractivity contribution in [3.8, 4) is 0 Å². The van der Waals surface area contributed by atoms with Crippen LogP contribution in [0.2, 0.25) is 0 Å². The lowest BCUT2D eigenvalue weighted by atomic mass is 10.1. The van der Waals surface area contributed by atoms with Gasteiger partial charge in [0.1, 0.15) is 0 Å². The minimum absolute atomic E-state index is 0.112. The van der Waals surface area contributed by atoms with E-state index < -0.39 is 10.0 Å². The highest BCUT2D eigenvalue weighted by atomic mass is 32.2. The van der Waals surface area contributed by atoms with Crippen LogP contribution in [0.3, 0.4) is 0 Å². The Morgan fingerprint density at radius 1 is 1.07 bits per heavy atom. The molecule has 1 N–H and O–H groups in total. The van der Waals surface area contributed by atoms with Crippen LogP contribution in [-0.4, -0.2) is 57.3 Å². The second-order valence-electron chi connectivity index (χ2n) is 7.19. The van der Waals surface area contributed by atoms with Crippen LogP contribution in [-0.2, 0) is 10.0 Å². The van der Waals surface area contributed by atoms with Crippen molar-refractivity contribution >= 4 is 15.9 Å². The molecule has 28 heavy (non-hydrogen) atoms. The van der Waals surface area contributed by atoms with E-state index in [-0.39, 0.29) is 16.8 Å². The standard InChI is InChI=1S/C21H27N3O3S/c1-23(2)28(26,27)19-12-8-11-18(15-19)21(25)22-16-20(24-13-6-7-14-24)17-9-4-3-5-10-17/h3-5,8-12,15,20H,6-7,13-14,16H2,1-2H3,(H,22,25)/t20-/m1/s1. The van der Waals surface area contributed by atoms with Gasteiger partial charge in [-0.25, -0.2) is 12.7 Å². The number of nitrogens with zero attached hydrogens (tertiary/aromatic N) is 2. The van der Waals surface area contributed by atoms with Crippen molar-refractivity contribution in [3.63, 3.8) is 0 Å². The summed E-state index contributed by atoms with van der Waals surface area (Å²) >= 11 is 0. The Kier molecular flexibility index (Phi) is 6.49. The molecule has 0 spiro atoms. The number of amides is 1. The fourth-order valence-corrected chi connectivity index (χ4v) is 4.43. The molecule has 1 aliphatic rings. The molecule has 2 aromatic carbocycles. The maximum absolute atomic E-state index is 12.7. The molecule has 0 unspecified atom stereocenters. The molecule has 150 valence electrons. The van der Waals surface area contributed by atoms with Gasteiger partial charge >= 0.3 is 0 Å². The largest absolute Gasteiger partial charge is 0.350 e. The highest BCUT2D eigenvalue weighted by molar-refractivity contribution is 7.89. The Hall–Kier alpha value is -2.22. The SMILES string of the molecule is CN(C)S(=O)(=O)c1cccc(C(=O)NC[C@H](c2ccccc2)N2CCCC2)c1. The van der Waals surface area contributed by atoms with Gasteiger partial charge < -0.3 is 5.32 Å². The molecule has 7 heteroatoms. The molecule has 3 rings (SSSR count). The third-order valence-electron chi connectivity index (χ3n) is 5.10. The topological polar surface area (TPSA) is 69.7 Å². The summed E-state index contributed by atoms with van der Waals surface area (Å²) in [6.45, 7) is 2.52. The first-order valence-electron chi connectivity index (χ1n) is 9.49. The molecule has 1 atom stereocenters. The number of hydrogen-bond acceptors (Lipinski definition) is 4. The number of carbonyl (C=O) groups is 1. The summed E-state index contributed by atoms with van der Waals surface area (Å²) in [6.07, 6.45) is 2.34. The van der Waals surface area contributed by atoms with Gasteiger partial charge in [-0.3, -0.25) is 9.69 Å². The average molecular weight is 402 g/mol. The Labute approximate surface area is 167 Å². The van der Waals surface area contributed by atoms with Crippen molar-refractivity contribution < 1.29 is 13.2 Å². The molecule has 1 saturated heterocycles. The summed E-state index contributed by atoms with van der Waals surface area (Å²) in [5, 5.41) is 2.99. The molecule has 0 aliphatic carbocycles. The van der Waals surface area contributed by atoms with Gasteiger partial charge in [0.05, 0.1) is 10.9 Å². The molecular weight excluding hydrogens is 374 g/mol. The van der Waals surface area contributed by atoms with Gasteiger partial charge in [0.15, 0.2) is 0 Å². The molecular formula is C21H27N3O3S. The zero-order chi connectivity index (χ0) is 20.1. The van der Waals surface area contributed by atoms with E-state index >= 15 is 0 Å². The number of nitrogens with one attached hydrogen (secondary N) is 1. The Morgan fingerprint density at radius 2 is 1.75 bits per heavy atom. The normalized spacial score (nSPS) is 16.2. The van der Waals surface area contributed by atoms with Crippen molar-refractivity contribution in [3.05, 3.63) is 65.7 Å². The lowest BCUT2D eigenvalue weighted by Gasteiger charge is -2.28. The second kappa shape index (κ2) is 8.86. The molecule has 1 amide bonds. The quantitative estimate of drug-likeness (QED) is 0.774. The molecule has 6 nitrogen and oxygen atoms in total. The van der Waals surface area contributed by atoms with E-state index in [9.17, 15) is 13.2 Å². The van der Waals surface area contributed by atoms with Crippen LogP contribution in [0, 0.1) is 0 Å². The first kappa shape index (κ1) is 20.5. The van der Waals surface area contributed by atoms with E-state index in [4.69, 9.17) is 0 Å². The van der Waals surface area contributed by atoms with E-state index in [1.165, 1.54) is 44.6 Å². The number of carbonyl (C=O) groups excluding carboxylic acids is 1. The first-order valence-corrected chi connectivity index (χ1v) is 10.9. The van der Waals surface area contributed by atoms with E-state index in [2.05, 4.69) is 22.3 Å². The van der Waals surface area contributed by atoms with Crippen LogP contribution in [0.25, 0.3) is 0 Å². The van der Waals surface area contributed by atoms with Crippen LogP contribution in [0.15, 0.2) is 59.5 Å². The summed E-state index contributed by atoms with van der Waals surface area (Å²) in [5.41, 5.74) is 1.52. The van der Waals surface area contributed by atoms with Crippen LogP contribution in [0.4, 0.5) is 0 Å². The minimum atomic E-state index is -3.58. The van der Waals surface area contributed by atoms with Crippen molar-refractivity contribution in [2.24, 2.45) is 0 Å². The van der Waals surface area contributed by atoms with Crippen LogP contribution < -0.4 is 5.32 Å². The summed E-state index contributed by atoms with van der Waals surface area (Å²) < 4.78 is 25.8. The molecule has 0 bridgehead atoms. The van der Waals surface area contributed by atoms with Gasteiger partial charge in [-0.2, -0.15) is 0 Å². The van der Waals surface area contributed by atoms with Crippen LogP contribution in [0.1, 0.15) is 34.8 Å². The van der Waals surface area contributed by atoms with E-state index in [0.29, 0.717) is 12.1 Å². The van der Waals surface area contributed by atoms with Crippen molar-refractivity contribution in [2.75, 3.05) is 33.7 Å². The zero-order valence-electron chi connectivity index (χ0n) is 16.3. The van der Waals surface area contributed by atoms with Crippen LogP contribution >= 0.6 is 0 Å². The lowest BCUT2D eigenvalue weighted by molar-refractivity contribution is 0.0937. The number of rotatable bonds is 7. The number of likely N-dealkylation sites (tertiary alicyclic amines) is 1. The predicted molar refractivity (Wildman–Crippen MR) is 110 cm³/mol. The lowest BCUT2D eigenvalue weighted by Crippen LogP contribution is -2.36. The van der Waals surface area contributed by atoms with E-state index in [1.54, 1.807) is 12.1 Å². The summed E-state index contributed by atoms with van der Waals surface area (Å²) in [6, 6.07) is 16.4. The molecule has 1 heterocycles. The Morgan fingerprint density at radius 3 is 2.39 bits per heavy atom. The van der Waals surface area contributed by atoms with E-state index in [0.717, 1.165) is 17.4 Å². The molecule has 1 aliphatic heterocycles. The fraction of sp³-hybridized carbons (Fsp3) is 0.381. The van der Waals surface area contributed by atoms with Crippen LogP contribution in [0.5, 0.6) is 0 Å². The predicted octanol–water partition coefficient (Wildman–Crippen LogP) is 2.50. The monoisotopic (exact) mass is 401 g/mol. The van der Waals surface area contributed by atoms with Gasteiger partial charge in [-0.1, -0.05) is 36.4 Å². The van der Waals surface area contributed by atoms with Gasteiger partial charge in [0.25, 0.3) is 5.91 Å². The minimum Gasteiger partial charge on any atom is -0.350 e. The Balaban J connectivity index is 1.75. The second-order valence-corrected chi connectivity index (χ2v) is 9.35. The third kappa shape index (κ3) is 4.60. The smallest absolute Gasteiger partial charge is 0.251 e. The summed E-state index contributed by atoms with van der Waals surface area (Å²) in [4.78, 5) is 15.2. The van der Waals surface area contributed by atoms with E-state index in [1.807, 2.05) is 18.2 Å². The number of sulfonamides is 1. The molecule has 2 aromatic rings. The maximum atomic E-state index is 12.7. The maximum Gasteiger partial charge on any atom is 0.251 e. The zero-order valence-corrected chi connectivity index (χ0v) is 17.2. The summed E-state index contributed by atoms with van der Waals surface area (Å²) in [7, 11) is -0.626. The molecule has 0 aromatic heterocycles. The highest BCUT2D eigenvalue weighted by Crippen LogP contribution is 2.24. The van der Waals surface area contributed by atoms with Crippen molar-refractivity contribution in [2.45, 2.75) is 23.8 Å². The van der Waals surface area contributed by atoms with Crippen molar-refractivity contribution in [1.29, 1.82) is 0 Å². The molecule has 1 fully saturated rings. The number of hydrogen-bond donors (Lipinski definition) is 1. The molecule has 0 saturated carbocycles. The van der Waals surface area contributed by atoms with Gasteiger partial charge in [-0.15, -0.1) is 0 Å². The Bertz CT molecular complexity index is 908. The highest BCUT2D eigenvalue weighted by Gasteiger charge is 2.24. The average Bonchev–Trinajstić information content (AvgIpc) is 3.23. The van der Waals surface area contributed by atoms with Gasteiger partial charge in [0.2, 0.25) is 10.0 Å². The van der Waals surface area contributed by atoms with Gasteiger partial charge in [-0.05, 0) is 49.7 Å². The van der Waals surface area contributed by atoms with Crippen molar-refractivity contribution in [1.82, 2.24) is 14.5 Å². The number of benzene rings is 2. The molecule has 0 radical (unpaired) electrons. The third-order valence-corrected chi connectivity index (χ3v) is 6.91. The van der Waals surface area contributed by atoms with Gasteiger partial charge in [0, 0.05) is 26.2 Å². The first-order chi connectivity index (χ1) is 13.4.